The van der Waals surface area contributed by atoms with E-state index in [1.165, 1.54) is 0 Å². The van der Waals surface area contributed by atoms with E-state index in [1.54, 1.807) is 18.6 Å². The van der Waals surface area contributed by atoms with Gasteiger partial charge in [0.2, 0.25) is 5.91 Å². The van der Waals surface area contributed by atoms with Crippen LogP contribution in [0.1, 0.15) is 5.56 Å². The summed E-state index contributed by atoms with van der Waals surface area (Å²) < 4.78 is 5.76. The third kappa shape index (κ3) is 3.39. The first-order chi connectivity index (χ1) is 12.2. The first kappa shape index (κ1) is 16.1. The maximum atomic E-state index is 12.9. The minimum Gasteiger partial charge on any atom is -0.492 e. The van der Waals surface area contributed by atoms with Crippen LogP contribution in [0.15, 0.2) is 36.8 Å². The van der Waals surface area contributed by atoms with E-state index in [2.05, 4.69) is 14.9 Å². The standard InChI is InChI=1S/C18H19ClN4O2/c19-15-1-2-16-13(10-15)9-14(12-25-16)18(24)23-7-5-22(6-8-23)17-11-20-3-4-21-17/h1-4,10-11,14H,5-9,12H2/t14-/m1/s1. The topological polar surface area (TPSA) is 58.6 Å². The number of piperazine rings is 1. The van der Waals surface area contributed by atoms with Gasteiger partial charge >= 0.3 is 0 Å². The fraction of sp³-hybridized carbons (Fsp3) is 0.389. The van der Waals surface area contributed by atoms with Gasteiger partial charge in [0.15, 0.2) is 0 Å². The number of hydrogen-bond donors (Lipinski definition) is 0. The van der Waals surface area contributed by atoms with Crippen LogP contribution in [0.4, 0.5) is 5.82 Å². The lowest BCUT2D eigenvalue weighted by atomic mass is 9.95. The Morgan fingerprint density at radius 1 is 1.20 bits per heavy atom. The number of fused-ring (bicyclic) bond motifs is 1. The molecule has 0 N–H and O–H groups in total. The molecule has 1 aromatic carbocycles. The molecule has 1 aromatic heterocycles. The molecule has 7 heteroatoms. The van der Waals surface area contributed by atoms with Crippen molar-refractivity contribution in [1.82, 2.24) is 14.9 Å². The number of carbonyl (C=O) groups is 1. The molecule has 2 aliphatic heterocycles. The van der Waals surface area contributed by atoms with E-state index in [1.807, 2.05) is 23.1 Å². The number of anilines is 1. The summed E-state index contributed by atoms with van der Waals surface area (Å²) in [6, 6.07) is 5.58. The number of aromatic nitrogens is 2. The van der Waals surface area contributed by atoms with Gasteiger partial charge < -0.3 is 14.5 Å². The van der Waals surface area contributed by atoms with Crippen molar-refractivity contribution >= 4 is 23.3 Å². The Balaban J connectivity index is 1.38. The fourth-order valence-electron chi connectivity index (χ4n) is 3.39. The molecule has 0 saturated carbocycles. The molecule has 1 saturated heterocycles. The van der Waals surface area contributed by atoms with E-state index in [0.29, 0.717) is 31.1 Å². The van der Waals surface area contributed by atoms with Crippen molar-refractivity contribution in [3.8, 4) is 5.75 Å². The van der Waals surface area contributed by atoms with Crippen molar-refractivity contribution in [2.24, 2.45) is 5.92 Å². The molecule has 0 unspecified atom stereocenters. The highest BCUT2D eigenvalue weighted by Gasteiger charge is 2.31. The summed E-state index contributed by atoms with van der Waals surface area (Å²) in [4.78, 5) is 25.4. The Kier molecular flexibility index (Phi) is 4.44. The minimum absolute atomic E-state index is 0.144. The largest absolute Gasteiger partial charge is 0.492 e. The lowest BCUT2D eigenvalue weighted by Gasteiger charge is -2.37. The molecular formula is C18H19ClN4O2. The first-order valence-corrected chi connectivity index (χ1v) is 8.79. The molecule has 4 rings (SSSR count). The molecule has 2 aliphatic rings. The summed E-state index contributed by atoms with van der Waals surface area (Å²) in [6.45, 7) is 3.33. The molecule has 1 amide bonds. The third-order valence-electron chi connectivity index (χ3n) is 4.74. The molecule has 0 radical (unpaired) electrons. The summed E-state index contributed by atoms with van der Waals surface area (Å²) in [5.41, 5.74) is 1.01. The quantitative estimate of drug-likeness (QED) is 0.822. The van der Waals surface area contributed by atoms with Gasteiger partial charge in [0.1, 0.15) is 18.2 Å². The number of carbonyl (C=O) groups excluding carboxylic acids is 1. The van der Waals surface area contributed by atoms with E-state index in [4.69, 9.17) is 16.3 Å². The van der Waals surface area contributed by atoms with Crippen molar-refractivity contribution < 1.29 is 9.53 Å². The molecule has 0 spiro atoms. The van der Waals surface area contributed by atoms with Crippen molar-refractivity contribution in [2.45, 2.75) is 6.42 Å². The van der Waals surface area contributed by atoms with Crippen LogP contribution in [0.3, 0.4) is 0 Å². The summed E-state index contributed by atoms with van der Waals surface area (Å²) in [5.74, 6) is 1.71. The van der Waals surface area contributed by atoms with Gasteiger partial charge in [0.05, 0.1) is 12.1 Å². The highest BCUT2D eigenvalue weighted by atomic mass is 35.5. The number of rotatable bonds is 2. The van der Waals surface area contributed by atoms with Crippen molar-refractivity contribution in [1.29, 1.82) is 0 Å². The van der Waals surface area contributed by atoms with Gasteiger partial charge in [-0.05, 0) is 30.2 Å². The fourth-order valence-corrected chi connectivity index (χ4v) is 3.59. The first-order valence-electron chi connectivity index (χ1n) is 8.42. The zero-order valence-corrected chi connectivity index (χ0v) is 14.5. The number of ether oxygens (including phenoxy) is 1. The van der Waals surface area contributed by atoms with Crippen LogP contribution in [0.5, 0.6) is 5.75 Å². The van der Waals surface area contributed by atoms with Crippen molar-refractivity contribution in [2.75, 3.05) is 37.7 Å². The smallest absolute Gasteiger partial charge is 0.229 e. The zero-order chi connectivity index (χ0) is 17.2. The highest BCUT2D eigenvalue weighted by molar-refractivity contribution is 6.30. The molecule has 25 heavy (non-hydrogen) atoms. The Hall–Kier alpha value is -2.34. The monoisotopic (exact) mass is 358 g/mol. The second-order valence-corrected chi connectivity index (χ2v) is 6.78. The van der Waals surface area contributed by atoms with Crippen LogP contribution < -0.4 is 9.64 Å². The molecular weight excluding hydrogens is 340 g/mol. The van der Waals surface area contributed by atoms with Gasteiger partial charge in [0.25, 0.3) is 0 Å². The van der Waals surface area contributed by atoms with Gasteiger partial charge in [-0.1, -0.05) is 11.6 Å². The Morgan fingerprint density at radius 2 is 2.04 bits per heavy atom. The average Bonchev–Trinajstić information content (AvgIpc) is 2.67. The van der Waals surface area contributed by atoms with Gasteiger partial charge in [0, 0.05) is 43.6 Å². The molecule has 130 valence electrons. The summed E-state index contributed by atoms with van der Waals surface area (Å²) in [7, 11) is 0. The molecule has 1 atom stereocenters. The van der Waals surface area contributed by atoms with E-state index < -0.39 is 0 Å². The molecule has 0 bridgehead atoms. The van der Waals surface area contributed by atoms with Gasteiger partial charge in [-0.25, -0.2) is 4.98 Å². The van der Waals surface area contributed by atoms with Gasteiger partial charge in [-0.15, -0.1) is 0 Å². The number of halogens is 1. The third-order valence-corrected chi connectivity index (χ3v) is 4.98. The van der Waals surface area contributed by atoms with Gasteiger partial charge in [-0.2, -0.15) is 0 Å². The highest BCUT2D eigenvalue weighted by Crippen LogP contribution is 2.30. The zero-order valence-electron chi connectivity index (χ0n) is 13.8. The predicted octanol–water partition coefficient (Wildman–Crippen LogP) is 2.03. The summed E-state index contributed by atoms with van der Waals surface area (Å²) in [6.07, 6.45) is 5.79. The lowest BCUT2D eigenvalue weighted by molar-refractivity contribution is -0.137. The van der Waals surface area contributed by atoms with E-state index in [0.717, 1.165) is 30.2 Å². The summed E-state index contributed by atoms with van der Waals surface area (Å²) >= 11 is 6.06. The van der Waals surface area contributed by atoms with E-state index in [-0.39, 0.29) is 11.8 Å². The van der Waals surface area contributed by atoms with E-state index in [9.17, 15) is 4.79 Å². The van der Waals surface area contributed by atoms with Crippen LogP contribution in [0, 0.1) is 5.92 Å². The van der Waals surface area contributed by atoms with Crippen molar-refractivity contribution in [3.05, 3.63) is 47.4 Å². The predicted molar refractivity (Wildman–Crippen MR) is 95.0 cm³/mol. The van der Waals surface area contributed by atoms with Crippen LogP contribution >= 0.6 is 11.6 Å². The number of nitrogens with zero attached hydrogens (tertiary/aromatic N) is 4. The Morgan fingerprint density at radius 3 is 2.80 bits per heavy atom. The van der Waals surface area contributed by atoms with E-state index >= 15 is 0 Å². The summed E-state index contributed by atoms with van der Waals surface area (Å²) in [5, 5.41) is 0.674. The van der Waals surface area contributed by atoms with Gasteiger partial charge in [-0.3, -0.25) is 9.78 Å². The van der Waals surface area contributed by atoms with Crippen LogP contribution in [0.25, 0.3) is 0 Å². The van der Waals surface area contributed by atoms with Crippen LogP contribution in [-0.2, 0) is 11.2 Å². The van der Waals surface area contributed by atoms with Crippen molar-refractivity contribution in [3.63, 3.8) is 0 Å². The SMILES string of the molecule is O=C([C@H]1COc2ccc(Cl)cc2C1)N1CCN(c2cnccn2)CC1. The lowest BCUT2D eigenvalue weighted by Crippen LogP contribution is -2.51. The van der Waals surface area contributed by atoms with Crippen LogP contribution in [0.2, 0.25) is 5.02 Å². The number of hydrogen-bond acceptors (Lipinski definition) is 5. The number of amides is 1. The minimum atomic E-state index is -0.144. The maximum absolute atomic E-state index is 12.9. The molecule has 1 fully saturated rings. The second-order valence-electron chi connectivity index (χ2n) is 6.34. The normalized spacial score (nSPS) is 20.0. The van der Waals surface area contributed by atoms with Crippen LogP contribution in [-0.4, -0.2) is 53.6 Å². The molecule has 6 nitrogen and oxygen atoms in total. The Bertz CT molecular complexity index is 763. The Labute approximate surface area is 151 Å². The molecule has 0 aliphatic carbocycles. The maximum Gasteiger partial charge on any atom is 0.229 e. The molecule has 2 aromatic rings. The molecule has 3 heterocycles. The average molecular weight is 359 g/mol. The second kappa shape index (κ2) is 6.88. The number of benzene rings is 1.